The Morgan fingerprint density at radius 1 is 0.402 bits per heavy atom. The van der Waals surface area contributed by atoms with E-state index >= 15 is 0 Å². The van der Waals surface area contributed by atoms with Crippen LogP contribution in [0.1, 0.15) is 205 Å². The molecule has 706 valence electrons. The van der Waals surface area contributed by atoms with Crippen LogP contribution in [0, 0.1) is 81.5 Å². The predicted molar refractivity (Wildman–Crippen MR) is 491 cm³/mol. The zero-order chi connectivity index (χ0) is 99.1. The van der Waals surface area contributed by atoms with E-state index in [4.69, 9.17) is 25.3 Å². The molecule has 5 aromatic heterocycles. The minimum absolute atomic E-state index is 0.105. The van der Waals surface area contributed by atoms with Gasteiger partial charge in [-0.25, -0.2) is 32.2 Å². The van der Waals surface area contributed by atoms with Gasteiger partial charge in [-0.15, -0.1) is 0 Å². The van der Waals surface area contributed by atoms with Crippen molar-refractivity contribution in [2.45, 2.75) is 208 Å². The van der Waals surface area contributed by atoms with Crippen molar-refractivity contribution in [2.24, 2.45) is 5.92 Å². The number of pyridine rings is 3. The first-order valence-corrected chi connectivity index (χ1v) is 44.2. The molecular formula is C103H116F14N10O4S. The van der Waals surface area contributed by atoms with Gasteiger partial charge in [0.05, 0.1) is 77.0 Å². The third-order valence-corrected chi connectivity index (χ3v) is 20.0. The average molecular weight is 1860 g/mol. The van der Waals surface area contributed by atoms with Crippen molar-refractivity contribution in [3.63, 3.8) is 0 Å². The first-order chi connectivity index (χ1) is 62.2. The van der Waals surface area contributed by atoms with E-state index in [9.17, 15) is 69.9 Å². The molecule has 7 aromatic carbocycles. The molecule has 0 N–H and O–H groups in total. The highest BCUT2D eigenvalue weighted by Crippen LogP contribution is 2.39. The molecule has 2 aliphatic rings. The number of aromatic nitrogens is 7. The van der Waals surface area contributed by atoms with Crippen LogP contribution in [0.25, 0.3) is 0 Å². The van der Waals surface area contributed by atoms with Gasteiger partial charge < -0.3 is 9.47 Å². The molecule has 0 unspecified atom stereocenters. The highest BCUT2D eigenvalue weighted by molar-refractivity contribution is 7.90. The van der Waals surface area contributed by atoms with Crippen molar-refractivity contribution in [3.8, 4) is 29.7 Å². The zero-order valence-corrected chi connectivity index (χ0v) is 78.0. The topological polar surface area (TPSA) is 214 Å². The number of nitriles is 3. The van der Waals surface area contributed by atoms with Gasteiger partial charge in [-0.1, -0.05) is 152 Å². The molecule has 0 bridgehead atoms. The number of nitrogens with zero attached hydrogens (tertiary/aromatic N) is 10. The molecule has 0 saturated heterocycles. The minimum Gasteiger partial charge on any atom is -0.497 e. The summed E-state index contributed by atoms with van der Waals surface area (Å²) < 4.78 is 200. The van der Waals surface area contributed by atoms with Gasteiger partial charge in [-0.05, 0) is 271 Å². The van der Waals surface area contributed by atoms with Crippen LogP contribution in [0.5, 0.6) is 11.5 Å². The summed E-state index contributed by atoms with van der Waals surface area (Å²) in [7, 11) is 0.321. The van der Waals surface area contributed by atoms with Gasteiger partial charge in [0, 0.05) is 73.6 Å². The molecule has 14 rings (SSSR count). The van der Waals surface area contributed by atoms with Crippen molar-refractivity contribution in [1.29, 1.82) is 15.8 Å². The Morgan fingerprint density at radius 3 is 1.27 bits per heavy atom. The van der Waals surface area contributed by atoms with Crippen LogP contribution >= 0.6 is 0 Å². The molecule has 29 heteroatoms. The summed E-state index contributed by atoms with van der Waals surface area (Å²) in [4.78, 5) is 26.0. The second-order valence-electron chi connectivity index (χ2n) is 29.8. The third-order valence-electron chi connectivity index (χ3n) is 18.9. The fourth-order valence-corrected chi connectivity index (χ4v) is 11.2. The van der Waals surface area contributed by atoms with Crippen molar-refractivity contribution in [3.05, 3.63) is 368 Å². The molecule has 0 atom stereocenters. The summed E-state index contributed by atoms with van der Waals surface area (Å²) in [6.07, 6.45) is 2.97. The third kappa shape index (κ3) is 50.4. The van der Waals surface area contributed by atoms with Gasteiger partial charge in [0.15, 0.2) is 15.5 Å². The molecule has 132 heavy (non-hydrogen) atoms. The second kappa shape index (κ2) is 60.2. The monoisotopic (exact) mass is 1850 g/mol. The van der Waals surface area contributed by atoms with Gasteiger partial charge in [-0.2, -0.15) is 68.5 Å². The summed E-state index contributed by atoms with van der Waals surface area (Å²) in [5.74, 6) is 1.65. The van der Waals surface area contributed by atoms with Crippen LogP contribution < -0.4 is 9.47 Å². The number of hydrogen-bond acceptors (Lipinski definition) is 14. The van der Waals surface area contributed by atoms with Crippen LogP contribution in [-0.2, 0) is 73.1 Å². The molecule has 2 saturated carbocycles. The van der Waals surface area contributed by atoms with Gasteiger partial charge in [0.25, 0.3) is 0 Å². The predicted octanol–water partition coefficient (Wildman–Crippen LogP) is 28.0. The largest absolute Gasteiger partial charge is 0.497 e. The minimum atomic E-state index is -4.39. The molecule has 2 fully saturated rings. The SMILES string of the molecule is CC1CCC(F)(F)CC1.CCc1ccc(C#N)cc1.CCc1ccc(C(F)(F)F)cc1.CCc1ccc(C(F)(F)F)cn1.CCc1ccc(OC)cc1.CCc1cccc(C#N)c1.CCc1cccc(S(C)(=O)=O)c1.COc1cccc(C)c1.Cc1ccc(C(F)(F)F)nc1.Cc1ccc(C2CC2)nc1.Cc1ccccc1C#N.Cc1cnc(C(F)(F)F)cn1.Cc1ncccn1. The van der Waals surface area contributed by atoms with Crippen molar-refractivity contribution >= 4 is 9.84 Å². The number of ether oxygens (including phenoxy) is 2. The van der Waals surface area contributed by atoms with Gasteiger partial charge in [-0.3, -0.25) is 19.9 Å². The van der Waals surface area contributed by atoms with E-state index in [1.165, 1.54) is 83.1 Å². The number of halogens is 14. The molecule has 5 heterocycles. The molecule has 0 aliphatic heterocycles. The maximum absolute atomic E-state index is 12.4. The quantitative estimate of drug-likeness (QED) is 0.117. The normalized spacial score (nSPS) is 12.1. The van der Waals surface area contributed by atoms with E-state index < -0.39 is 63.0 Å². The number of sulfone groups is 1. The Kier molecular flexibility index (Phi) is 52.6. The smallest absolute Gasteiger partial charge is 0.434 e. The molecular weight excluding hydrogens is 1740 g/mol. The summed E-state index contributed by atoms with van der Waals surface area (Å²) in [6, 6.07) is 68.4. The Morgan fingerprint density at radius 2 is 0.886 bits per heavy atom. The van der Waals surface area contributed by atoms with Crippen LogP contribution in [-0.4, -0.2) is 69.7 Å². The number of alkyl halides is 14. The molecule has 0 amide bonds. The van der Waals surface area contributed by atoms with Crippen LogP contribution in [0.3, 0.4) is 0 Å². The number of hydrogen-bond donors (Lipinski definition) is 0. The lowest BCUT2D eigenvalue weighted by Crippen LogP contribution is -2.23. The van der Waals surface area contributed by atoms with Crippen LogP contribution in [0.4, 0.5) is 61.5 Å². The van der Waals surface area contributed by atoms with Crippen LogP contribution in [0.2, 0.25) is 0 Å². The Balaban J connectivity index is 0.000000485. The first-order valence-electron chi connectivity index (χ1n) is 42.3. The first kappa shape index (κ1) is 115. The summed E-state index contributed by atoms with van der Waals surface area (Å²) in [5.41, 5.74) is 11.7. The van der Waals surface area contributed by atoms with Gasteiger partial charge in [0.1, 0.15) is 23.0 Å². The van der Waals surface area contributed by atoms with E-state index in [1.54, 1.807) is 64.7 Å². The van der Waals surface area contributed by atoms with Crippen LogP contribution in [0.15, 0.2) is 261 Å². The molecule has 2 aliphatic carbocycles. The molecule has 0 radical (unpaired) electrons. The maximum Gasteiger partial charge on any atom is 0.434 e. The van der Waals surface area contributed by atoms with E-state index in [-0.39, 0.29) is 12.8 Å². The van der Waals surface area contributed by atoms with E-state index in [1.807, 2.05) is 170 Å². The average Bonchev–Trinajstić information content (AvgIpc) is 1.33. The van der Waals surface area contributed by atoms with Crippen molar-refractivity contribution in [1.82, 2.24) is 34.9 Å². The standard InChI is InChI=1S/C9H9F3.C9H11N.2C9H9N.C9H12O2S.C9H12O.C8H8F3N.C8H7N.C8H10O.C7H6F3N.C7H12F2.C6H5F3N2.C5H6N2/c1-2-7-3-5-8(6-4-7)9(10,11)12;1-7-2-5-9(10-6-7)8-3-4-8;1-2-8-3-5-9(7-10)6-4-8;1-2-8-4-3-5-9(6-8)7-10;1-3-8-5-4-6-9(7-8)12(2,10)11;1-3-8-4-6-9(10-2)7-5-8;1-2-7-4-3-6(5-12-7)8(9,10)11;1-7-4-2-3-5-8(7)6-9;1-7-4-3-5-8(6-7)9-2;1-5-2-3-6(11-4-5)7(8,9)10;1-6-2-4-7(8,9)5-3-6;1-4-2-11-5(3-10-4)6(7,8)9;1-5-6-3-2-4-7-5/h3-6H,2H2,1H3;2,5-6,8H,3-4H2,1H3;2*3-6H,2H2,1H3;4-7H,3H2,1-2H3;4-7H,3H2,1-2H3;3-5H,2H2,1H3;2-5H,1H3;3-6H,1-2H3;2-4H,1H3;6H,2-5H2,1H3;2-3H,1H3;2-4H,1H3. The number of rotatable bonds is 10. The fourth-order valence-electron chi connectivity index (χ4n) is 10.5. The maximum atomic E-state index is 12.4. The highest BCUT2D eigenvalue weighted by atomic mass is 32.2. The van der Waals surface area contributed by atoms with Crippen molar-refractivity contribution in [2.75, 3.05) is 20.5 Å². The van der Waals surface area contributed by atoms with E-state index in [0.29, 0.717) is 41.5 Å². The van der Waals surface area contributed by atoms with Crippen molar-refractivity contribution < 1.29 is 79.4 Å². The number of benzene rings is 7. The lowest BCUT2D eigenvalue weighted by molar-refractivity contribution is -0.142. The summed E-state index contributed by atoms with van der Waals surface area (Å²) in [5, 5.41) is 25.4. The highest BCUT2D eigenvalue weighted by Gasteiger charge is 2.35. The summed E-state index contributed by atoms with van der Waals surface area (Å²) in [6.45, 7) is 25.3. The molecule has 12 aromatic rings. The van der Waals surface area contributed by atoms with E-state index in [2.05, 4.69) is 105 Å². The van der Waals surface area contributed by atoms with Gasteiger partial charge in [0.2, 0.25) is 5.92 Å². The Hall–Kier alpha value is -12.8. The number of aryl methyl sites for hydroxylation is 12. The molecule has 14 nitrogen and oxygen atoms in total. The molecule has 0 spiro atoms. The van der Waals surface area contributed by atoms with Gasteiger partial charge >= 0.3 is 24.7 Å². The zero-order valence-electron chi connectivity index (χ0n) is 77.2. The fraction of sp³-hybridized carbons (Fsp3) is 0.340. The lowest BCUT2D eigenvalue weighted by atomic mass is 9.88. The summed E-state index contributed by atoms with van der Waals surface area (Å²) >= 11 is 0. The Labute approximate surface area is 768 Å². The number of methoxy groups -OCH3 is 2. The van der Waals surface area contributed by atoms with E-state index in [0.717, 1.165) is 137 Å². The Bertz CT molecular complexity index is 5310. The lowest BCUT2D eigenvalue weighted by Gasteiger charge is -2.25. The second-order valence-corrected chi connectivity index (χ2v) is 31.8.